The molecule has 1 saturated heterocycles. The lowest BCUT2D eigenvalue weighted by atomic mass is 10.1. The Morgan fingerprint density at radius 3 is 2.39 bits per heavy atom. The Morgan fingerprint density at radius 1 is 1.28 bits per heavy atom. The van der Waals surface area contributed by atoms with Gasteiger partial charge in [0.05, 0.1) is 12.2 Å². The second-order valence-electron chi connectivity index (χ2n) is 4.55. The first-order valence-corrected chi connectivity index (χ1v) is 6.34. The van der Waals surface area contributed by atoms with Gasteiger partial charge in [0.2, 0.25) is 0 Å². The summed E-state index contributed by atoms with van der Waals surface area (Å²) in [5.74, 6) is 0. The van der Waals surface area contributed by atoms with Crippen molar-refractivity contribution in [2.45, 2.75) is 18.8 Å². The first-order valence-electron chi connectivity index (χ1n) is 5.96. The van der Waals surface area contributed by atoms with Gasteiger partial charge in [-0.3, -0.25) is 4.90 Å². The van der Waals surface area contributed by atoms with Crippen LogP contribution >= 0.6 is 11.6 Å². The van der Waals surface area contributed by atoms with Crippen molar-refractivity contribution in [2.24, 2.45) is 0 Å². The number of nitrogens with zero attached hydrogens (tertiary/aromatic N) is 1. The van der Waals surface area contributed by atoms with Gasteiger partial charge in [-0.25, -0.2) is 0 Å². The van der Waals surface area contributed by atoms with E-state index in [1.54, 1.807) is 14.2 Å². The number of hydrogen-bond donors (Lipinski definition) is 1. The molecule has 18 heavy (non-hydrogen) atoms. The fraction of sp³-hybridized carbons (Fsp3) is 0.538. The molecule has 1 aliphatic rings. The smallest absolute Gasteiger partial charge is 0.0971 e. The quantitative estimate of drug-likeness (QED) is 0.847. The Morgan fingerprint density at radius 2 is 1.89 bits per heavy atom. The van der Waals surface area contributed by atoms with Gasteiger partial charge in [-0.05, 0) is 12.1 Å². The van der Waals surface area contributed by atoms with Crippen LogP contribution in [0, 0.1) is 0 Å². The van der Waals surface area contributed by atoms with E-state index < -0.39 is 0 Å². The molecular formula is C13H19ClN2O2. The third-order valence-electron chi connectivity index (χ3n) is 3.43. The lowest BCUT2D eigenvalue weighted by Gasteiger charge is -2.17. The highest BCUT2D eigenvalue weighted by molar-refractivity contribution is 6.31. The third kappa shape index (κ3) is 2.78. The van der Waals surface area contributed by atoms with E-state index in [1.165, 1.54) is 0 Å². The summed E-state index contributed by atoms with van der Waals surface area (Å²) in [5, 5.41) is 0.713. The van der Waals surface area contributed by atoms with Gasteiger partial charge in [0.1, 0.15) is 0 Å². The number of halogens is 1. The predicted molar refractivity (Wildman–Crippen MR) is 72.7 cm³/mol. The van der Waals surface area contributed by atoms with E-state index in [9.17, 15) is 0 Å². The van der Waals surface area contributed by atoms with Gasteiger partial charge in [-0.1, -0.05) is 17.7 Å². The van der Waals surface area contributed by atoms with Gasteiger partial charge >= 0.3 is 0 Å². The van der Waals surface area contributed by atoms with Gasteiger partial charge in [-0.2, -0.15) is 0 Å². The molecule has 2 unspecified atom stereocenters. The molecule has 2 N–H and O–H groups in total. The van der Waals surface area contributed by atoms with E-state index >= 15 is 0 Å². The minimum Gasteiger partial charge on any atom is -0.398 e. The number of methoxy groups -OCH3 is 2. The molecule has 1 aliphatic heterocycles. The first-order chi connectivity index (χ1) is 8.65. The van der Waals surface area contributed by atoms with Crippen LogP contribution in [-0.2, 0) is 16.0 Å². The van der Waals surface area contributed by atoms with Crippen molar-refractivity contribution in [3.63, 3.8) is 0 Å². The Bertz CT molecular complexity index is 382. The average Bonchev–Trinajstić information content (AvgIpc) is 2.76. The number of hydrogen-bond acceptors (Lipinski definition) is 4. The van der Waals surface area contributed by atoms with Crippen LogP contribution in [0.5, 0.6) is 0 Å². The van der Waals surface area contributed by atoms with E-state index in [4.69, 9.17) is 26.8 Å². The Balaban J connectivity index is 2.07. The second-order valence-corrected chi connectivity index (χ2v) is 4.96. The molecule has 0 bridgehead atoms. The number of likely N-dealkylation sites (tertiary alicyclic amines) is 1. The van der Waals surface area contributed by atoms with Crippen LogP contribution in [0.15, 0.2) is 18.2 Å². The SMILES string of the molecule is COC1CN(Cc2c(N)cccc2Cl)CC1OC. The highest BCUT2D eigenvalue weighted by atomic mass is 35.5. The Kier molecular flexibility index (Phi) is 4.45. The molecule has 1 heterocycles. The van der Waals surface area contributed by atoms with Crippen LogP contribution in [-0.4, -0.2) is 44.4 Å². The molecule has 0 amide bonds. The molecule has 5 heteroatoms. The molecule has 0 aromatic heterocycles. The number of rotatable bonds is 4. The van der Waals surface area contributed by atoms with Gasteiger partial charge in [0.15, 0.2) is 0 Å². The van der Waals surface area contributed by atoms with Gasteiger partial charge in [0, 0.05) is 50.1 Å². The van der Waals surface area contributed by atoms with Crippen molar-refractivity contribution in [1.82, 2.24) is 4.90 Å². The van der Waals surface area contributed by atoms with E-state index in [0.29, 0.717) is 5.02 Å². The van der Waals surface area contributed by atoms with Gasteiger partial charge in [0.25, 0.3) is 0 Å². The van der Waals surface area contributed by atoms with Gasteiger partial charge in [-0.15, -0.1) is 0 Å². The van der Waals surface area contributed by atoms with Crippen LogP contribution < -0.4 is 5.73 Å². The molecular weight excluding hydrogens is 252 g/mol. The summed E-state index contributed by atoms with van der Waals surface area (Å²) >= 11 is 6.18. The van der Waals surface area contributed by atoms with Crippen LogP contribution in [0.2, 0.25) is 5.02 Å². The van der Waals surface area contributed by atoms with E-state index in [2.05, 4.69) is 4.90 Å². The predicted octanol–water partition coefficient (Wildman–Crippen LogP) is 1.77. The van der Waals surface area contributed by atoms with E-state index in [0.717, 1.165) is 30.9 Å². The number of benzene rings is 1. The van der Waals surface area contributed by atoms with E-state index in [-0.39, 0.29) is 12.2 Å². The monoisotopic (exact) mass is 270 g/mol. The maximum atomic E-state index is 6.18. The highest BCUT2D eigenvalue weighted by Crippen LogP contribution is 2.26. The van der Waals surface area contributed by atoms with Crippen LogP contribution in [0.4, 0.5) is 5.69 Å². The molecule has 1 aromatic rings. The average molecular weight is 271 g/mol. The summed E-state index contributed by atoms with van der Waals surface area (Å²) in [6, 6.07) is 5.60. The molecule has 1 aromatic carbocycles. The summed E-state index contributed by atoms with van der Waals surface area (Å²) in [4.78, 5) is 2.25. The lowest BCUT2D eigenvalue weighted by Crippen LogP contribution is -2.27. The van der Waals surface area contributed by atoms with Gasteiger partial charge < -0.3 is 15.2 Å². The van der Waals surface area contributed by atoms with E-state index in [1.807, 2.05) is 18.2 Å². The zero-order valence-electron chi connectivity index (χ0n) is 10.7. The maximum Gasteiger partial charge on any atom is 0.0971 e. The number of nitrogens with two attached hydrogens (primary N) is 1. The van der Waals surface area contributed by atoms with Crippen molar-refractivity contribution >= 4 is 17.3 Å². The van der Waals surface area contributed by atoms with Crippen molar-refractivity contribution in [3.05, 3.63) is 28.8 Å². The third-order valence-corrected chi connectivity index (χ3v) is 3.79. The summed E-state index contributed by atoms with van der Waals surface area (Å²) in [7, 11) is 3.42. The molecule has 0 aliphatic carbocycles. The molecule has 2 rings (SSSR count). The van der Waals surface area contributed by atoms with Crippen molar-refractivity contribution in [3.8, 4) is 0 Å². The maximum absolute atomic E-state index is 6.18. The van der Waals surface area contributed by atoms with Crippen molar-refractivity contribution < 1.29 is 9.47 Å². The number of ether oxygens (including phenoxy) is 2. The Labute approximate surface area is 113 Å². The van der Waals surface area contributed by atoms with Crippen LogP contribution in [0.25, 0.3) is 0 Å². The van der Waals surface area contributed by atoms with Crippen LogP contribution in [0.3, 0.4) is 0 Å². The summed E-state index contributed by atoms with van der Waals surface area (Å²) in [6.07, 6.45) is 0.220. The summed E-state index contributed by atoms with van der Waals surface area (Å²) in [6.45, 7) is 2.39. The molecule has 100 valence electrons. The zero-order chi connectivity index (χ0) is 13.1. The first kappa shape index (κ1) is 13.6. The van der Waals surface area contributed by atoms with Crippen molar-refractivity contribution in [1.29, 1.82) is 0 Å². The number of nitrogen functional groups attached to an aromatic ring is 1. The molecule has 0 saturated carbocycles. The minimum atomic E-state index is 0.110. The topological polar surface area (TPSA) is 47.7 Å². The second kappa shape index (κ2) is 5.89. The molecule has 1 fully saturated rings. The summed E-state index contributed by atoms with van der Waals surface area (Å²) < 4.78 is 10.8. The largest absolute Gasteiger partial charge is 0.398 e. The normalized spacial score (nSPS) is 24.6. The fourth-order valence-electron chi connectivity index (χ4n) is 2.37. The number of anilines is 1. The van der Waals surface area contributed by atoms with Crippen molar-refractivity contribution in [2.75, 3.05) is 33.0 Å². The Hall–Kier alpha value is -0.810. The molecule has 0 spiro atoms. The summed E-state index contributed by atoms with van der Waals surface area (Å²) in [5.41, 5.74) is 7.67. The molecule has 2 atom stereocenters. The molecule has 0 radical (unpaired) electrons. The highest BCUT2D eigenvalue weighted by Gasteiger charge is 2.33. The van der Waals surface area contributed by atoms with Crippen LogP contribution in [0.1, 0.15) is 5.56 Å². The fourth-order valence-corrected chi connectivity index (χ4v) is 2.61. The minimum absolute atomic E-state index is 0.110. The standard InChI is InChI=1S/C13H19ClN2O2/c1-17-12-7-16(8-13(12)18-2)6-9-10(14)4-3-5-11(9)15/h3-5,12-13H,6-8,15H2,1-2H3. The zero-order valence-corrected chi connectivity index (χ0v) is 11.5. The lowest BCUT2D eigenvalue weighted by molar-refractivity contribution is -0.00461. The molecule has 4 nitrogen and oxygen atoms in total.